The first-order chi connectivity index (χ1) is 13.4. The zero-order chi connectivity index (χ0) is 20.0. The van der Waals surface area contributed by atoms with Gasteiger partial charge in [-0.15, -0.1) is 24.0 Å². The van der Waals surface area contributed by atoms with E-state index in [1.54, 1.807) is 0 Å². The van der Waals surface area contributed by atoms with Gasteiger partial charge in [-0.25, -0.2) is 0 Å². The SMILES string of the molecule is CN=C(NCC(C)(C)Cc1ccccc1)N1CCN(Cc2cc(C)on2)CC1.I. The maximum Gasteiger partial charge on any atom is 0.193 e. The molecule has 0 unspecified atom stereocenters. The number of halogens is 1. The van der Waals surface area contributed by atoms with Crippen molar-refractivity contribution in [2.24, 2.45) is 10.4 Å². The quantitative estimate of drug-likeness (QED) is 0.365. The summed E-state index contributed by atoms with van der Waals surface area (Å²) in [6, 6.07) is 12.7. The number of aliphatic imine (C=N–C) groups is 1. The van der Waals surface area contributed by atoms with Crippen molar-refractivity contribution in [2.45, 2.75) is 33.7 Å². The van der Waals surface area contributed by atoms with E-state index >= 15 is 0 Å². The molecule has 7 heteroatoms. The van der Waals surface area contributed by atoms with Crippen molar-refractivity contribution >= 4 is 29.9 Å². The van der Waals surface area contributed by atoms with Crippen LogP contribution in [0.4, 0.5) is 0 Å². The third kappa shape index (κ3) is 7.29. The number of aromatic nitrogens is 1. The van der Waals surface area contributed by atoms with Crippen molar-refractivity contribution in [3.05, 3.63) is 53.4 Å². The van der Waals surface area contributed by atoms with E-state index in [1.807, 2.05) is 20.0 Å². The number of rotatable bonds is 6. The Morgan fingerprint density at radius 3 is 2.45 bits per heavy atom. The van der Waals surface area contributed by atoms with Gasteiger partial charge in [-0.05, 0) is 24.3 Å². The number of nitrogens with zero attached hydrogens (tertiary/aromatic N) is 4. The van der Waals surface area contributed by atoms with Crippen molar-refractivity contribution in [2.75, 3.05) is 39.8 Å². The van der Waals surface area contributed by atoms with Crippen LogP contribution in [0.15, 0.2) is 45.9 Å². The predicted molar refractivity (Wildman–Crippen MR) is 129 cm³/mol. The molecular weight excluding hydrogens is 477 g/mol. The van der Waals surface area contributed by atoms with Gasteiger partial charge in [0.15, 0.2) is 5.96 Å². The normalized spacial score (nSPS) is 15.9. The number of nitrogens with one attached hydrogen (secondary N) is 1. The molecule has 0 bridgehead atoms. The highest BCUT2D eigenvalue weighted by molar-refractivity contribution is 14.0. The molecule has 0 amide bonds. The lowest BCUT2D eigenvalue weighted by Crippen LogP contribution is -2.53. The number of hydrogen-bond donors (Lipinski definition) is 1. The van der Waals surface area contributed by atoms with Crippen molar-refractivity contribution < 1.29 is 4.52 Å². The average Bonchev–Trinajstić information content (AvgIpc) is 3.08. The van der Waals surface area contributed by atoms with Gasteiger partial charge in [0.1, 0.15) is 5.76 Å². The molecule has 2 heterocycles. The van der Waals surface area contributed by atoms with Crippen LogP contribution >= 0.6 is 24.0 Å². The van der Waals surface area contributed by atoms with E-state index in [0.29, 0.717) is 0 Å². The lowest BCUT2D eigenvalue weighted by atomic mass is 9.86. The lowest BCUT2D eigenvalue weighted by molar-refractivity contribution is 0.168. The van der Waals surface area contributed by atoms with Crippen LogP contribution in [-0.2, 0) is 13.0 Å². The molecule has 0 saturated carbocycles. The van der Waals surface area contributed by atoms with Crippen molar-refractivity contribution in [1.82, 2.24) is 20.3 Å². The Hall–Kier alpha value is -1.61. The molecule has 1 aliphatic rings. The van der Waals surface area contributed by atoms with Crippen LogP contribution in [0.1, 0.15) is 30.9 Å². The van der Waals surface area contributed by atoms with Crippen LogP contribution in [0.2, 0.25) is 0 Å². The van der Waals surface area contributed by atoms with E-state index in [-0.39, 0.29) is 29.4 Å². The number of guanidine groups is 1. The van der Waals surface area contributed by atoms with Crippen molar-refractivity contribution in [1.29, 1.82) is 0 Å². The van der Waals surface area contributed by atoms with E-state index in [2.05, 4.69) is 69.4 Å². The van der Waals surface area contributed by atoms with Gasteiger partial charge in [-0.3, -0.25) is 9.89 Å². The Balaban J connectivity index is 0.00000300. The number of hydrogen-bond acceptors (Lipinski definition) is 4. The Kier molecular flexibility index (Phi) is 8.95. The molecule has 2 aromatic rings. The first kappa shape index (κ1) is 23.7. The van der Waals surface area contributed by atoms with Gasteiger partial charge in [0.05, 0.1) is 5.69 Å². The summed E-state index contributed by atoms with van der Waals surface area (Å²) in [5.74, 6) is 1.87. The highest BCUT2D eigenvalue weighted by Gasteiger charge is 2.23. The molecule has 29 heavy (non-hydrogen) atoms. The molecule has 0 aliphatic carbocycles. The number of piperazine rings is 1. The predicted octanol–water partition coefficient (Wildman–Crippen LogP) is 3.56. The molecule has 3 rings (SSSR count). The highest BCUT2D eigenvalue weighted by Crippen LogP contribution is 2.21. The number of benzene rings is 1. The summed E-state index contributed by atoms with van der Waals surface area (Å²) in [6.45, 7) is 12.2. The highest BCUT2D eigenvalue weighted by atomic mass is 127. The summed E-state index contributed by atoms with van der Waals surface area (Å²) in [7, 11) is 1.87. The molecule has 1 N–H and O–H groups in total. The van der Waals surface area contributed by atoms with E-state index in [0.717, 1.165) is 63.1 Å². The van der Waals surface area contributed by atoms with Gasteiger partial charge >= 0.3 is 0 Å². The standard InChI is InChI=1S/C22H33N5O.HI/c1-18-14-20(25-28-18)16-26-10-12-27(13-11-26)21(23-4)24-17-22(2,3)15-19-8-6-5-7-9-19;/h5-9,14H,10-13,15-17H2,1-4H3,(H,23,24);1H. The third-order valence-corrected chi connectivity index (χ3v) is 5.20. The molecule has 0 spiro atoms. The summed E-state index contributed by atoms with van der Waals surface area (Å²) in [4.78, 5) is 9.29. The molecule has 0 atom stereocenters. The van der Waals surface area contributed by atoms with Crippen LogP contribution in [0.25, 0.3) is 0 Å². The first-order valence-electron chi connectivity index (χ1n) is 10.1. The Morgan fingerprint density at radius 2 is 1.86 bits per heavy atom. The van der Waals surface area contributed by atoms with Crippen LogP contribution in [0.5, 0.6) is 0 Å². The van der Waals surface area contributed by atoms with Crippen LogP contribution in [-0.4, -0.2) is 60.7 Å². The molecule has 6 nitrogen and oxygen atoms in total. The Labute approximate surface area is 191 Å². The number of aryl methyl sites for hydroxylation is 1. The van der Waals surface area contributed by atoms with E-state index in [9.17, 15) is 0 Å². The summed E-state index contributed by atoms with van der Waals surface area (Å²) in [6.07, 6.45) is 1.04. The largest absolute Gasteiger partial charge is 0.361 e. The average molecular weight is 511 g/mol. The van der Waals surface area contributed by atoms with Gasteiger partial charge in [-0.1, -0.05) is 49.3 Å². The van der Waals surface area contributed by atoms with Gasteiger partial charge < -0.3 is 14.7 Å². The minimum absolute atomic E-state index is 0. The van der Waals surface area contributed by atoms with Crippen LogP contribution in [0.3, 0.4) is 0 Å². The summed E-state index contributed by atoms with van der Waals surface area (Å²) >= 11 is 0. The first-order valence-corrected chi connectivity index (χ1v) is 10.1. The van der Waals surface area contributed by atoms with Crippen molar-refractivity contribution in [3.8, 4) is 0 Å². The smallest absolute Gasteiger partial charge is 0.193 e. The zero-order valence-corrected chi connectivity index (χ0v) is 20.3. The fraction of sp³-hybridized carbons (Fsp3) is 0.545. The second kappa shape index (κ2) is 11.0. The van der Waals surface area contributed by atoms with Gasteiger partial charge in [0.25, 0.3) is 0 Å². The lowest BCUT2D eigenvalue weighted by Gasteiger charge is -2.37. The monoisotopic (exact) mass is 511 g/mol. The molecule has 1 fully saturated rings. The fourth-order valence-corrected chi connectivity index (χ4v) is 3.70. The van der Waals surface area contributed by atoms with Gasteiger partial charge in [0.2, 0.25) is 0 Å². The van der Waals surface area contributed by atoms with Crippen molar-refractivity contribution in [3.63, 3.8) is 0 Å². The Bertz CT molecular complexity index is 767. The molecule has 1 aliphatic heterocycles. The van der Waals surface area contributed by atoms with E-state index < -0.39 is 0 Å². The topological polar surface area (TPSA) is 56.9 Å². The zero-order valence-electron chi connectivity index (χ0n) is 18.0. The summed E-state index contributed by atoms with van der Waals surface area (Å²) < 4.78 is 5.17. The second-order valence-corrected chi connectivity index (χ2v) is 8.42. The third-order valence-electron chi connectivity index (χ3n) is 5.20. The van der Waals surface area contributed by atoms with E-state index in [1.165, 1.54) is 5.56 Å². The van der Waals surface area contributed by atoms with Gasteiger partial charge in [0, 0.05) is 52.4 Å². The maximum absolute atomic E-state index is 5.17. The Morgan fingerprint density at radius 1 is 1.17 bits per heavy atom. The molecule has 1 aromatic heterocycles. The summed E-state index contributed by atoms with van der Waals surface area (Å²) in [5.41, 5.74) is 2.54. The second-order valence-electron chi connectivity index (χ2n) is 8.42. The molecule has 1 aromatic carbocycles. The van der Waals surface area contributed by atoms with E-state index in [4.69, 9.17) is 4.52 Å². The fourth-order valence-electron chi connectivity index (χ4n) is 3.70. The molecular formula is C22H34IN5O. The molecule has 1 saturated heterocycles. The maximum atomic E-state index is 5.17. The minimum Gasteiger partial charge on any atom is -0.361 e. The summed E-state index contributed by atoms with van der Waals surface area (Å²) in [5, 5.41) is 7.70. The molecule has 0 radical (unpaired) electrons. The van der Waals surface area contributed by atoms with Crippen LogP contribution < -0.4 is 5.32 Å². The minimum atomic E-state index is 0. The van der Waals surface area contributed by atoms with Crippen LogP contribution in [0, 0.1) is 12.3 Å². The molecule has 160 valence electrons. The van der Waals surface area contributed by atoms with Gasteiger partial charge in [-0.2, -0.15) is 0 Å².